The number of aromatic nitrogens is 2. The Morgan fingerprint density at radius 3 is 2.37 bits per heavy atom. The first kappa shape index (κ1) is 17.6. The number of anilines is 4. The predicted octanol–water partition coefficient (Wildman–Crippen LogP) is 3.94. The molecule has 27 heavy (non-hydrogen) atoms. The van der Waals surface area contributed by atoms with Crippen molar-refractivity contribution in [3.05, 3.63) is 52.5 Å². The molecule has 0 saturated carbocycles. The Bertz CT molecular complexity index is 1010. The summed E-state index contributed by atoms with van der Waals surface area (Å²) in [6.45, 7) is 0. The first-order chi connectivity index (χ1) is 13.0. The number of nitrogens with zero attached hydrogens (tertiary/aromatic N) is 4. The summed E-state index contributed by atoms with van der Waals surface area (Å²) in [5.74, 6) is 1.49. The maximum atomic E-state index is 8.59. The molecule has 1 atom stereocenters. The van der Waals surface area contributed by atoms with Crippen LogP contribution in [0.4, 0.5) is 23.0 Å². The highest BCUT2D eigenvalue weighted by Crippen LogP contribution is 2.42. The van der Waals surface area contributed by atoms with Gasteiger partial charge in [-0.05, 0) is 52.8 Å². The zero-order chi connectivity index (χ0) is 19.1. The van der Waals surface area contributed by atoms with Gasteiger partial charge in [0.15, 0.2) is 0 Å². The van der Waals surface area contributed by atoms with Crippen molar-refractivity contribution < 1.29 is 9.37 Å². The summed E-state index contributed by atoms with van der Waals surface area (Å²) in [6.07, 6.45) is -0.827. The van der Waals surface area contributed by atoms with Gasteiger partial charge in [-0.1, -0.05) is 23.2 Å². The van der Waals surface area contributed by atoms with E-state index in [4.69, 9.17) is 43.7 Å². The van der Waals surface area contributed by atoms with Crippen molar-refractivity contribution in [1.82, 2.24) is 10.3 Å². The van der Waals surface area contributed by atoms with Gasteiger partial charge in [0.05, 0.1) is 22.8 Å². The van der Waals surface area contributed by atoms with Crippen molar-refractivity contribution in [2.24, 2.45) is 5.73 Å². The Balaban J connectivity index is 1.81. The maximum Gasteiger partial charge on any atom is 0.228 e. The zero-order valence-corrected chi connectivity index (χ0v) is 15.6. The number of rotatable bonds is 3. The first-order valence-corrected chi connectivity index (χ1v) is 8.62. The van der Waals surface area contributed by atoms with Crippen molar-refractivity contribution >= 4 is 52.0 Å². The predicted molar refractivity (Wildman–Crippen MR) is 104 cm³/mol. The van der Waals surface area contributed by atoms with E-state index in [1.54, 1.807) is 42.3 Å². The van der Waals surface area contributed by atoms with E-state index in [9.17, 15) is 0 Å². The molecule has 10 heteroatoms. The fraction of sp³-hybridized carbons (Fsp3) is 0.118. The van der Waals surface area contributed by atoms with Crippen LogP contribution in [0.5, 0.6) is 5.75 Å². The molecule has 0 spiro atoms. The lowest BCUT2D eigenvalue weighted by molar-refractivity contribution is 0.309. The quantitative estimate of drug-likeness (QED) is 0.680. The molecule has 4 rings (SSSR count). The van der Waals surface area contributed by atoms with Crippen molar-refractivity contribution in [3.8, 4) is 5.75 Å². The monoisotopic (exact) mass is 404 g/mol. The van der Waals surface area contributed by atoms with Crippen molar-refractivity contribution in [1.29, 1.82) is 5.41 Å². The topological polar surface area (TPSA) is 104 Å². The van der Waals surface area contributed by atoms with Crippen LogP contribution < -0.4 is 20.3 Å². The molecule has 0 radical (unpaired) electrons. The Labute approximate surface area is 164 Å². The fourth-order valence-electron chi connectivity index (χ4n) is 2.88. The molecule has 3 N–H and O–H groups in total. The fourth-order valence-corrected chi connectivity index (χ4v) is 3.18. The lowest BCUT2D eigenvalue weighted by Crippen LogP contribution is -2.54. The second-order valence-electron chi connectivity index (χ2n) is 5.74. The number of fused-ring (bicyclic) bond motifs is 1. The van der Waals surface area contributed by atoms with E-state index in [1.807, 2.05) is 12.1 Å². The largest absolute Gasteiger partial charge is 0.497 e. The van der Waals surface area contributed by atoms with E-state index in [1.165, 1.54) is 4.90 Å². The molecular weight excluding hydrogens is 391 g/mol. The molecule has 0 aliphatic carbocycles. The highest BCUT2D eigenvalue weighted by atomic mass is 35.5. The number of nitrogens with one attached hydrogen (secondary N) is 1. The number of benzene rings is 2. The number of halogens is 2. The van der Waals surface area contributed by atoms with Crippen molar-refractivity contribution in [2.45, 2.75) is 6.17 Å². The van der Waals surface area contributed by atoms with Gasteiger partial charge in [-0.3, -0.25) is 15.2 Å². The van der Waals surface area contributed by atoms with Gasteiger partial charge in [0, 0.05) is 5.69 Å². The summed E-state index contributed by atoms with van der Waals surface area (Å²) in [7, 11) is 1.59. The van der Waals surface area contributed by atoms with Gasteiger partial charge in [-0.15, -0.1) is 0 Å². The van der Waals surface area contributed by atoms with Crippen LogP contribution in [-0.4, -0.2) is 29.4 Å². The highest BCUT2D eigenvalue weighted by molar-refractivity contribution is 6.42. The minimum Gasteiger partial charge on any atom is -0.497 e. The van der Waals surface area contributed by atoms with Gasteiger partial charge in [-0.2, -0.15) is 0 Å². The summed E-state index contributed by atoms with van der Waals surface area (Å²) in [4.78, 5) is 3.19. The van der Waals surface area contributed by atoms with Crippen LogP contribution in [0.2, 0.25) is 10.0 Å². The summed E-state index contributed by atoms with van der Waals surface area (Å²) >= 11 is 12.1. The Hall–Kier alpha value is -2.81. The number of methoxy groups -OCH3 is 1. The third-order valence-corrected chi connectivity index (χ3v) is 4.94. The molecule has 8 nitrogen and oxygen atoms in total. The van der Waals surface area contributed by atoms with E-state index in [0.717, 1.165) is 5.69 Å². The first-order valence-electron chi connectivity index (χ1n) is 7.86. The van der Waals surface area contributed by atoms with Crippen LogP contribution in [0.1, 0.15) is 0 Å². The summed E-state index contributed by atoms with van der Waals surface area (Å²) < 4.78 is 10.1. The molecule has 1 aliphatic rings. The van der Waals surface area contributed by atoms with Crippen molar-refractivity contribution in [2.75, 3.05) is 16.9 Å². The summed E-state index contributed by atoms with van der Waals surface area (Å²) in [6, 6.07) is 12.2. The van der Waals surface area contributed by atoms with Crippen LogP contribution in [0.25, 0.3) is 0 Å². The molecule has 1 unspecified atom stereocenters. The Kier molecular flexibility index (Phi) is 4.39. The van der Waals surface area contributed by atoms with Gasteiger partial charge in [-0.25, -0.2) is 4.63 Å². The highest BCUT2D eigenvalue weighted by Gasteiger charge is 2.39. The van der Waals surface area contributed by atoms with E-state index >= 15 is 0 Å². The number of amidine groups is 1. The SMILES string of the molecule is COc1ccc(N2c3nonc3N(c3ccc(Cl)c(Cl)c3)C(=N)C2N)cc1. The smallest absolute Gasteiger partial charge is 0.228 e. The molecule has 3 aromatic rings. The average Bonchev–Trinajstić information content (AvgIpc) is 3.14. The molecule has 0 fully saturated rings. The Morgan fingerprint density at radius 2 is 1.70 bits per heavy atom. The lowest BCUT2D eigenvalue weighted by atomic mass is 10.1. The lowest BCUT2D eigenvalue weighted by Gasteiger charge is -2.38. The molecule has 0 saturated heterocycles. The average molecular weight is 405 g/mol. The molecule has 2 heterocycles. The van der Waals surface area contributed by atoms with Crippen LogP contribution >= 0.6 is 23.2 Å². The number of hydrogen-bond donors (Lipinski definition) is 2. The van der Waals surface area contributed by atoms with Crippen LogP contribution in [0.15, 0.2) is 47.1 Å². The maximum absolute atomic E-state index is 8.59. The van der Waals surface area contributed by atoms with Gasteiger partial charge in [0.1, 0.15) is 17.8 Å². The van der Waals surface area contributed by atoms with E-state index in [2.05, 4.69) is 10.3 Å². The molecule has 1 aromatic heterocycles. The van der Waals surface area contributed by atoms with Gasteiger partial charge < -0.3 is 10.5 Å². The number of hydrogen-bond acceptors (Lipinski definition) is 7. The van der Waals surface area contributed by atoms with Crippen LogP contribution in [-0.2, 0) is 0 Å². The number of ether oxygens (including phenoxy) is 1. The van der Waals surface area contributed by atoms with E-state index < -0.39 is 6.17 Å². The molecule has 0 bridgehead atoms. The standard InChI is InChI=1S/C17H14Cl2N6O2/c1-26-11-5-2-9(3-6-11)24-14(20)15(21)25(17-16(24)22-27-23-17)10-4-7-12(18)13(19)8-10/h2-8,14,21H,20H2,1H3. The van der Waals surface area contributed by atoms with Crippen LogP contribution in [0, 0.1) is 5.41 Å². The van der Waals surface area contributed by atoms with E-state index in [-0.39, 0.29) is 5.84 Å². The second kappa shape index (κ2) is 6.73. The van der Waals surface area contributed by atoms with Crippen LogP contribution in [0.3, 0.4) is 0 Å². The Morgan fingerprint density at radius 1 is 1.04 bits per heavy atom. The molecule has 0 amide bonds. The normalized spacial score (nSPS) is 16.4. The molecule has 138 valence electrons. The van der Waals surface area contributed by atoms with Gasteiger partial charge >= 0.3 is 0 Å². The molecule has 1 aliphatic heterocycles. The summed E-state index contributed by atoms with van der Waals surface area (Å²) in [5.41, 5.74) is 7.66. The molecular formula is C17H14Cl2N6O2. The minimum atomic E-state index is -0.827. The summed E-state index contributed by atoms with van der Waals surface area (Å²) in [5, 5.41) is 17.3. The zero-order valence-electron chi connectivity index (χ0n) is 14.1. The van der Waals surface area contributed by atoms with Gasteiger partial charge in [0.25, 0.3) is 0 Å². The second-order valence-corrected chi connectivity index (χ2v) is 6.56. The van der Waals surface area contributed by atoms with Crippen molar-refractivity contribution in [3.63, 3.8) is 0 Å². The number of nitrogens with two attached hydrogens (primary N) is 1. The van der Waals surface area contributed by atoms with Gasteiger partial charge in [0.2, 0.25) is 11.6 Å². The minimum absolute atomic E-state index is 0.0763. The third-order valence-electron chi connectivity index (χ3n) is 4.21. The van der Waals surface area contributed by atoms with E-state index in [0.29, 0.717) is 33.1 Å². The third kappa shape index (κ3) is 2.87. The molecule has 2 aromatic carbocycles.